The van der Waals surface area contributed by atoms with Crippen LogP contribution in [0.5, 0.6) is 11.5 Å². The summed E-state index contributed by atoms with van der Waals surface area (Å²) in [5.74, 6) is 1.06. The summed E-state index contributed by atoms with van der Waals surface area (Å²) in [6.45, 7) is 2.28. The number of aromatic nitrogens is 2. The summed E-state index contributed by atoms with van der Waals surface area (Å²) in [7, 11) is 0. The maximum Gasteiger partial charge on any atom is 0.172 e. The Kier molecular flexibility index (Phi) is 7.33. The molecule has 1 unspecified atom stereocenters. The number of alkyl halides is 1. The van der Waals surface area contributed by atoms with Crippen LogP contribution >= 0.6 is 11.7 Å². The third kappa shape index (κ3) is 5.15. The largest absolute Gasteiger partial charge is 0.489 e. The molecule has 0 bridgehead atoms. The van der Waals surface area contributed by atoms with Crippen molar-refractivity contribution in [2.24, 2.45) is 0 Å². The molecule has 1 saturated heterocycles. The van der Waals surface area contributed by atoms with Crippen molar-refractivity contribution in [1.29, 1.82) is 0 Å². The maximum atomic E-state index is 13.0. The molecule has 1 aliphatic carbocycles. The van der Waals surface area contributed by atoms with Gasteiger partial charge >= 0.3 is 0 Å². The van der Waals surface area contributed by atoms with Crippen molar-refractivity contribution < 1.29 is 18.6 Å². The summed E-state index contributed by atoms with van der Waals surface area (Å²) >= 11 is 1.22. The number of aryl methyl sites for hydroxylation is 1. The van der Waals surface area contributed by atoms with Crippen LogP contribution in [0.3, 0.4) is 0 Å². The third-order valence-electron chi connectivity index (χ3n) is 7.49. The van der Waals surface area contributed by atoms with Crippen LogP contribution in [0.1, 0.15) is 47.9 Å². The van der Waals surface area contributed by atoms with Gasteiger partial charge in [0.1, 0.15) is 22.9 Å². The van der Waals surface area contributed by atoms with Gasteiger partial charge in [-0.3, -0.25) is 14.2 Å². The number of hydrogen-bond donors (Lipinski definition) is 0. The minimum absolute atomic E-state index is 0.117. The first-order chi connectivity index (χ1) is 18.7. The zero-order valence-electron chi connectivity index (χ0n) is 21.0. The first-order valence-electron chi connectivity index (χ1n) is 13.1. The molecule has 4 aromatic rings. The lowest BCUT2D eigenvalue weighted by atomic mass is 9.87. The smallest absolute Gasteiger partial charge is 0.172 e. The quantitative estimate of drug-likeness (QED) is 0.243. The molecule has 2 heterocycles. The molecule has 1 atom stereocenters. The van der Waals surface area contributed by atoms with Crippen molar-refractivity contribution in [3.63, 3.8) is 0 Å². The Morgan fingerprint density at radius 1 is 0.921 bits per heavy atom. The van der Waals surface area contributed by atoms with Gasteiger partial charge < -0.3 is 4.74 Å². The van der Waals surface area contributed by atoms with E-state index in [0.717, 1.165) is 89.9 Å². The van der Waals surface area contributed by atoms with Crippen LogP contribution < -0.4 is 9.68 Å². The zero-order valence-corrected chi connectivity index (χ0v) is 21.9. The minimum Gasteiger partial charge on any atom is -0.489 e. The average Bonchev–Trinajstić information content (AvgIpc) is 3.57. The Morgan fingerprint density at radius 2 is 1.74 bits per heavy atom. The number of hydrogen-bond acceptors (Lipinski definition) is 6. The van der Waals surface area contributed by atoms with Crippen molar-refractivity contribution in [1.82, 2.24) is 13.6 Å². The Balaban J connectivity index is 1.35. The number of benzene rings is 3. The molecule has 38 heavy (non-hydrogen) atoms. The van der Waals surface area contributed by atoms with Crippen molar-refractivity contribution in [3.05, 3.63) is 82.9 Å². The topological polar surface area (TPSA) is 47.5 Å². The predicted molar refractivity (Wildman–Crippen MR) is 147 cm³/mol. The van der Waals surface area contributed by atoms with Crippen molar-refractivity contribution in [2.75, 3.05) is 26.3 Å². The van der Waals surface area contributed by atoms with Crippen LogP contribution in [-0.2, 0) is 6.42 Å². The van der Waals surface area contributed by atoms with Crippen LogP contribution in [0.25, 0.3) is 22.2 Å². The molecule has 3 aromatic carbocycles. The van der Waals surface area contributed by atoms with Gasteiger partial charge in [0, 0.05) is 24.2 Å². The van der Waals surface area contributed by atoms with Crippen LogP contribution in [-0.4, -0.2) is 46.1 Å². The van der Waals surface area contributed by atoms with E-state index < -0.39 is 0 Å². The van der Waals surface area contributed by atoms with Gasteiger partial charge in [-0.25, -0.2) is 0 Å². The fourth-order valence-electron chi connectivity index (χ4n) is 5.67. The van der Waals surface area contributed by atoms with Crippen molar-refractivity contribution in [3.8, 4) is 11.5 Å². The highest BCUT2D eigenvalue weighted by molar-refractivity contribution is 7.00. The van der Waals surface area contributed by atoms with Crippen LogP contribution in [0.2, 0.25) is 0 Å². The molecular formula is C30H29F2N3O2S. The summed E-state index contributed by atoms with van der Waals surface area (Å²) in [5, 5.41) is 0. The fourth-order valence-corrected chi connectivity index (χ4v) is 6.19. The highest BCUT2D eigenvalue weighted by Crippen LogP contribution is 2.41. The first kappa shape index (κ1) is 24.9. The molecule has 6 rings (SSSR count). The van der Waals surface area contributed by atoms with Gasteiger partial charge in [-0.2, -0.15) is 8.75 Å². The highest BCUT2D eigenvalue weighted by Gasteiger charge is 2.24. The summed E-state index contributed by atoms with van der Waals surface area (Å²) < 4.78 is 40.6. The fraction of sp³-hybridized carbons (Fsp3) is 0.333. The average molecular weight is 534 g/mol. The van der Waals surface area contributed by atoms with Crippen LogP contribution in [0.15, 0.2) is 60.7 Å². The van der Waals surface area contributed by atoms with Gasteiger partial charge in [-0.15, -0.1) is 0 Å². The lowest BCUT2D eigenvalue weighted by Gasteiger charge is -2.18. The van der Waals surface area contributed by atoms with Gasteiger partial charge in [-0.05, 0) is 102 Å². The molecule has 5 nitrogen and oxygen atoms in total. The van der Waals surface area contributed by atoms with E-state index in [1.807, 2.05) is 24.3 Å². The molecule has 0 amide bonds. The number of nitrogens with zero attached hydrogens (tertiary/aromatic N) is 3. The molecule has 0 N–H and O–H groups in total. The second kappa shape index (κ2) is 11.2. The molecule has 0 saturated carbocycles. The van der Waals surface area contributed by atoms with Gasteiger partial charge in [0.25, 0.3) is 0 Å². The summed E-state index contributed by atoms with van der Waals surface area (Å²) in [6.07, 6.45) is 4.30. The monoisotopic (exact) mass is 533 g/mol. The van der Waals surface area contributed by atoms with E-state index in [2.05, 4.69) is 42.9 Å². The Bertz CT molecular complexity index is 1450. The van der Waals surface area contributed by atoms with Gasteiger partial charge in [0.15, 0.2) is 5.75 Å². The Hall–Kier alpha value is -3.36. The highest BCUT2D eigenvalue weighted by atomic mass is 32.1. The van der Waals surface area contributed by atoms with E-state index in [4.69, 9.17) is 4.74 Å². The normalized spacial score (nSPS) is 18.0. The second-order valence-electron chi connectivity index (χ2n) is 9.97. The maximum absolute atomic E-state index is 13.0. The number of rotatable bonds is 8. The Labute approximate surface area is 224 Å². The number of halogens is 2. The van der Waals surface area contributed by atoms with Gasteiger partial charge in [-0.1, -0.05) is 24.3 Å². The van der Waals surface area contributed by atoms with Crippen LogP contribution in [0.4, 0.5) is 8.92 Å². The van der Waals surface area contributed by atoms with Crippen LogP contribution in [0, 0.1) is 0 Å². The molecule has 2 aliphatic rings. The number of ether oxygens (including phenoxy) is 1. The second-order valence-corrected chi connectivity index (χ2v) is 10.5. The molecule has 8 heteroatoms. The SMILES string of the molecule is FCCCN1CCC(Oc2ccc(C3=C(c4ccc5nsnc5c4)CCCc4cc(OF)ccc43)cc2)C1. The van der Waals surface area contributed by atoms with E-state index in [1.165, 1.54) is 17.3 Å². The summed E-state index contributed by atoms with van der Waals surface area (Å²) in [6, 6.07) is 20.0. The number of fused-ring (bicyclic) bond motifs is 2. The van der Waals surface area contributed by atoms with Crippen molar-refractivity contribution >= 4 is 33.9 Å². The minimum atomic E-state index is -0.277. The van der Waals surface area contributed by atoms with E-state index in [1.54, 1.807) is 12.1 Å². The molecule has 1 aliphatic heterocycles. The molecule has 0 radical (unpaired) electrons. The summed E-state index contributed by atoms with van der Waals surface area (Å²) in [5.41, 5.74) is 8.53. The van der Waals surface area contributed by atoms with Crippen molar-refractivity contribution in [2.45, 2.75) is 38.2 Å². The molecular weight excluding hydrogens is 504 g/mol. The first-order valence-corrected chi connectivity index (χ1v) is 13.9. The number of likely N-dealkylation sites (tertiary alicyclic amines) is 1. The third-order valence-corrected chi connectivity index (χ3v) is 8.05. The summed E-state index contributed by atoms with van der Waals surface area (Å²) in [4.78, 5) is 6.32. The van der Waals surface area contributed by atoms with E-state index >= 15 is 0 Å². The molecule has 1 fully saturated rings. The lowest BCUT2D eigenvalue weighted by molar-refractivity contribution is -0.00629. The molecule has 1 aromatic heterocycles. The van der Waals surface area contributed by atoms with Gasteiger partial charge in [0.05, 0.1) is 18.4 Å². The predicted octanol–water partition coefficient (Wildman–Crippen LogP) is 7.06. The van der Waals surface area contributed by atoms with E-state index in [9.17, 15) is 8.92 Å². The van der Waals surface area contributed by atoms with E-state index in [0.29, 0.717) is 6.42 Å². The lowest BCUT2D eigenvalue weighted by Crippen LogP contribution is -2.26. The zero-order chi connectivity index (χ0) is 25.9. The molecule has 196 valence electrons. The van der Waals surface area contributed by atoms with E-state index in [-0.39, 0.29) is 18.5 Å². The standard InChI is InChI=1S/C30H29F2N3O2S/c31-14-2-15-35-16-13-25(19-35)36-23-8-5-20(6-9-23)30-26(22-7-12-28-29(18-22)34-38-33-28)4-1-3-21-17-24(37-32)10-11-27(21)30/h5-12,17-18,25H,1-4,13-16,19H2. The molecule has 0 spiro atoms. The number of allylic oxidation sites excluding steroid dienone is 1. The van der Waals surface area contributed by atoms with Gasteiger partial charge in [0.2, 0.25) is 0 Å². The Morgan fingerprint density at radius 3 is 2.58 bits per heavy atom.